The summed E-state index contributed by atoms with van der Waals surface area (Å²) in [6, 6.07) is 0.442. The predicted octanol–water partition coefficient (Wildman–Crippen LogP) is 2.06. The molecule has 0 aromatic carbocycles. The second-order valence-electron chi connectivity index (χ2n) is 10.8. The summed E-state index contributed by atoms with van der Waals surface area (Å²) in [7, 11) is 0. The van der Waals surface area contributed by atoms with Crippen molar-refractivity contribution in [3.63, 3.8) is 0 Å². The highest BCUT2D eigenvalue weighted by Gasteiger charge is 2.37. The molecule has 0 unspecified atom stereocenters. The summed E-state index contributed by atoms with van der Waals surface area (Å²) < 4.78 is 17.1. The molecule has 4 rings (SSSR count). The Morgan fingerprint density at radius 1 is 1.14 bits per heavy atom. The molecule has 0 spiro atoms. The molecule has 3 aliphatic rings. The molecule has 0 radical (unpaired) electrons. The Hall–Kier alpha value is -2.17. The minimum absolute atomic E-state index is 0.00109. The number of piperazine rings is 1. The van der Waals surface area contributed by atoms with E-state index >= 15 is 0 Å². The second-order valence-corrected chi connectivity index (χ2v) is 10.8. The lowest BCUT2D eigenvalue weighted by Crippen LogP contribution is -2.59. The standard InChI is InChI=1S/C25H42N6O4/c1-18-16-30(17-19(2)31(18)24(32)35-25(3,4)5)22-20-7-8-26-15-21(20)27-23(28-22)34-12-6-9-29-10-13-33-14-11-29/h18-19,26H,6-17H2,1-5H3/t18-,19+. The number of anilines is 1. The first-order chi connectivity index (χ1) is 16.7. The van der Waals surface area contributed by atoms with E-state index in [2.05, 4.69) is 29.0 Å². The van der Waals surface area contributed by atoms with Crippen LogP contribution in [0.4, 0.5) is 10.6 Å². The largest absolute Gasteiger partial charge is 0.463 e. The molecule has 2 atom stereocenters. The number of carbonyl (C=O) groups excluding carboxylic acids is 1. The van der Waals surface area contributed by atoms with E-state index in [9.17, 15) is 4.79 Å². The van der Waals surface area contributed by atoms with E-state index in [1.807, 2.05) is 25.7 Å². The average Bonchev–Trinajstić information content (AvgIpc) is 2.80. The van der Waals surface area contributed by atoms with Crippen molar-refractivity contribution in [3.05, 3.63) is 11.3 Å². The number of amides is 1. The topological polar surface area (TPSA) is 92.3 Å². The van der Waals surface area contributed by atoms with Gasteiger partial charge in [0.15, 0.2) is 0 Å². The molecular weight excluding hydrogens is 448 g/mol. The highest BCUT2D eigenvalue weighted by Crippen LogP contribution is 2.30. The van der Waals surface area contributed by atoms with Crippen molar-refractivity contribution in [2.45, 2.75) is 71.7 Å². The van der Waals surface area contributed by atoms with Crippen molar-refractivity contribution in [3.8, 4) is 6.01 Å². The summed E-state index contributed by atoms with van der Waals surface area (Å²) >= 11 is 0. The first-order valence-corrected chi connectivity index (χ1v) is 13.0. The number of rotatable bonds is 6. The van der Waals surface area contributed by atoms with Crippen molar-refractivity contribution < 1.29 is 19.0 Å². The lowest BCUT2D eigenvalue weighted by Gasteiger charge is -2.45. The van der Waals surface area contributed by atoms with Gasteiger partial charge in [-0.15, -0.1) is 0 Å². The Labute approximate surface area is 209 Å². The Kier molecular flexibility index (Phi) is 8.34. The second kappa shape index (κ2) is 11.3. The van der Waals surface area contributed by atoms with E-state index in [0.717, 1.165) is 70.3 Å². The summed E-state index contributed by atoms with van der Waals surface area (Å²) in [4.78, 5) is 29.0. The SMILES string of the molecule is C[C@@H]1CN(c2nc(OCCCN3CCOCC3)nc3c2CCNC3)C[C@H](C)N1C(=O)OC(C)(C)C. The molecule has 10 nitrogen and oxygen atoms in total. The molecule has 1 aromatic rings. The fraction of sp³-hybridized carbons (Fsp3) is 0.800. The van der Waals surface area contributed by atoms with Crippen LogP contribution in [0.3, 0.4) is 0 Å². The molecule has 0 aliphatic carbocycles. The number of hydrogen-bond donors (Lipinski definition) is 1. The molecule has 1 N–H and O–H groups in total. The van der Waals surface area contributed by atoms with Crippen LogP contribution in [0, 0.1) is 0 Å². The van der Waals surface area contributed by atoms with Gasteiger partial charge in [0.25, 0.3) is 0 Å². The molecular formula is C25H42N6O4. The van der Waals surface area contributed by atoms with Crippen molar-refractivity contribution in [2.75, 3.05) is 64.0 Å². The number of ether oxygens (including phenoxy) is 3. The van der Waals surface area contributed by atoms with Crippen LogP contribution < -0.4 is 15.0 Å². The summed E-state index contributed by atoms with van der Waals surface area (Å²) in [5, 5.41) is 3.42. The zero-order valence-corrected chi connectivity index (χ0v) is 22.0. The van der Waals surface area contributed by atoms with E-state index in [1.54, 1.807) is 0 Å². The van der Waals surface area contributed by atoms with Gasteiger partial charge in [-0.05, 0) is 54.0 Å². The van der Waals surface area contributed by atoms with Crippen LogP contribution in [-0.4, -0.2) is 103 Å². The van der Waals surface area contributed by atoms with Gasteiger partial charge in [-0.25, -0.2) is 4.79 Å². The molecule has 10 heteroatoms. The monoisotopic (exact) mass is 490 g/mol. The van der Waals surface area contributed by atoms with Crippen LogP contribution in [0.25, 0.3) is 0 Å². The van der Waals surface area contributed by atoms with Gasteiger partial charge in [0.05, 0.1) is 37.6 Å². The Balaban J connectivity index is 1.44. The van der Waals surface area contributed by atoms with Crippen LogP contribution in [0.5, 0.6) is 6.01 Å². The third-order valence-corrected chi connectivity index (χ3v) is 6.67. The molecule has 35 heavy (non-hydrogen) atoms. The Morgan fingerprint density at radius 3 is 2.54 bits per heavy atom. The normalized spacial score (nSPS) is 23.7. The molecule has 2 fully saturated rings. The third-order valence-electron chi connectivity index (χ3n) is 6.67. The van der Waals surface area contributed by atoms with Gasteiger partial charge in [-0.1, -0.05) is 0 Å². The van der Waals surface area contributed by atoms with Crippen molar-refractivity contribution >= 4 is 11.9 Å². The number of carbonyl (C=O) groups is 1. The van der Waals surface area contributed by atoms with Gasteiger partial charge >= 0.3 is 12.1 Å². The number of nitrogens with zero attached hydrogens (tertiary/aromatic N) is 5. The maximum Gasteiger partial charge on any atom is 0.410 e. The number of nitrogens with one attached hydrogen (secondary N) is 1. The zero-order chi connectivity index (χ0) is 25.0. The molecule has 1 amide bonds. The van der Waals surface area contributed by atoms with Gasteiger partial charge in [-0.3, -0.25) is 9.80 Å². The maximum absolute atomic E-state index is 12.8. The molecule has 0 saturated carbocycles. The summed E-state index contributed by atoms with van der Waals surface area (Å²) in [6.45, 7) is 18.0. The van der Waals surface area contributed by atoms with E-state index in [1.165, 1.54) is 5.56 Å². The molecule has 0 bridgehead atoms. The molecule has 2 saturated heterocycles. The first-order valence-electron chi connectivity index (χ1n) is 13.0. The lowest BCUT2D eigenvalue weighted by molar-refractivity contribution is 0.00557. The maximum atomic E-state index is 12.8. The lowest BCUT2D eigenvalue weighted by atomic mass is 10.0. The Bertz CT molecular complexity index is 858. The van der Waals surface area contributed by atoms with Gasteiger partial charge < -0.3 is 24.4 Å². The number of hydrogen-bond acceptors (Lipinski definition) is 9. The fourth-order valence-corrected chi connectivity index (χ4v) is 5.09. The summed E-state index contributed by atoms with van der Waals surface area (Å²) in [5.74, 6) is 0.946. The highest BCUT2D eigenvalue weighted by molar-refractivity contribution is 5.69. The van der Waals surface area contributed by atoms with Crippen LogP contribution in [0.1, 0.15) is 52.3 Å². The van der Waals surface area contributed by atoms with Crippen LogP contribution in [-0.2, 0) is 22.4 Å². The summed E-state index contributed by atoms with van der Waals surface area (Å²) in [5.41, 5.74) is 1.69. The number of aromatic nitrogens is 2. The Morgan fingerprint density at radius 2 is 1.86 bits per heavy atom. The quantitative estimate of drug-likeness (QED) is 0.602. The molecule has 4 heterocycles. The minimum atomic E-state index is -0.513. The van der Waals surface area contributed by atoms with Crippen molar-refractivity contribution in [1.82, 2.24) is 25.1 Å². The summed E-state index contributed by atoms with van der Waals surface area (Å²) in [6.07, 6.45) is 1.56. The van der Waals surface area contributed by atoms with E-state index in [4.69, 9.17) is 24.2 Å². The van der Waals surface area contributed by atoms with Crippen molar-refractivity contribution in [2.24, 2.45) is 0 Å². The van der Waals surface area contributed by atoms with Gasteiger partial charge in [-0.2, -0.15) is 9.97 Å². The zero-order valence-electron chi connectivity index (χ0n) is 22.0. The van der Waals surface area contributed by atoms with Crippen molar-refractivity contribution in [1.29, 1.82) is 0 Å². The van der Waals surface area contributed by atoms with E-state index in [-0.39, 0.29) is 18.2 Å². The minimum Gasteiger partial charge on any atom is -0.463 e. The predicted molar refractivity (Wildman–Crippen MR) is 134 cm³/mol. The van der Waals surface area contributed by atoms with Gasteiger partial charge in [0.2, 0.25) is 0 Å². The van der Waals surface area contributed by atoms with Gasteiger partial charge in [0.1, 0.15) is 11.4 Å². The molecule has 196 valence electrons. The number of fused-ring (bicyclic) bond motifs is 1. The molecule has 1 aromatic heterocycles. The van der Waals surface area contributed by atoms with Crippen LogP contribution in [0.15, 0.2) is 0 Å². The highest BCUT2D eigenvalue weighted by atomic mass is 16.6. The number of morpholine rings is 1. The average molecular weight is 491 g/mol. The van der Waals surface area contributed by atoms with Crippen LogP contribution in [0.2, 0.25) is 0 Å². The van der Waals surface area contributed by atoms with Crippen LogP contribution >= 0.6 is 0 Å². The third kappa shape index (κ3) is 6.74. The van der Waals surface area contributed by atoms with E-state index < -0.39 is 5.60 Å². The first kappa shape index (κ1) is 25.9. The van der Waals surface area contributed by atoms with Gasteiger partial charge in [0, 0.05) is 44.8 Å². The fourth-order valence-electron chi connectivity index (χ4n) is 5.09. The smallest absolute Gasteiger partial charge is 0.410 e. The van der Waals surface area contributed by atoms with E-state index in [0.29, 0.717) is 25.7 Å². The molecule has 3 aliphatic heterocycles.